The van der Waals surface area contributed by atoms with Gasteiger partial charge in [-0.05, 0) is 60.7 Å². The Morgan fingerprint density at radius 2 is 1.70 bits per heavy atom. The molecule has 3 aromatic carbocycles. The maximum absolute atomic E-state index is 14.2. The van der Waals surface area contributed by atoms with Crippen molar-refractivity contribution in [3.05, 3.63) is 114 Å². The molecular formula is C30H28F3N3O. The quantitative estimate of drug-likeness (QED) is 0.282. The third-order valence-electron chi connectivity index (χ3n) is 7.61. The number of likely N-dealkylation sites (tertiary alicyclic amines) is 1. The average Bonchev–Trinajstić information content (AvgIpc) is 3.42. The van der Waals surface area contributed by atoms with Crippen LogP contribution < -0.4 is 0 Å². The fourth-order valence-corrected chi connectivity index (χ4v) is 5.36. The van der Waals surface area contributed by atoms with E-state index in [2.05, 4.69) is 4.98 Å². The van der Waals surface area contributed by atoms with E-state index >= 15 is 0 Å². The first-order valence-electron chi connectivity index (χ1n) is 12.4. The lowest BCUT2D eigenvalue weighted by atomic mass is 9.70. The van der Waals surface area contributed by atoms with Crippen molar-refractivity contribution in [2.75, 3.05) is 6.54 Å². The number of hydrogen-bond acceptors (Lipinski definition) is 2. The van der Waals surface area contributed by atoms with Crippen LogP contribution in [-0.4, -0.2) is 26.9 Å². The number of rotatable bonds is 7. The normalized spacial score (nSPS) is 18.7. The average molecular weight is 504 g/mol. The van der Waals surface area contributed by atoms with Gasteiger partial charge >= 0.3 is 0 Å². The van der Waals surface area contributed by atoms with Gasteiger partial charge in [0.05, 0.1) is 12.4 Å². The molecule has 2 heterocycles. The topological polar surface area (TPSA) is 38.1 Å². The number of carbonyl (C=O) groups is 1. The number of imidazole rings is 1. The largest absolute Gasteiger partial charge is 0.337 e. The van der Waals surface area contributed by atoms with E-state index in [4.69, 9.17) is 0 Å². The molecule has 5 rings (SSSR count). The number of carbonyl (C=O) groups excluding carboxylic acids is 1. The Hall–Kier alpha value is -3.87. The van der Waals surface area contributed by atoms with Crippen LogP contribution in [0.4, 0.5) is 13.2 Å². The standard InChI is InChI=1S/C30H28F3N3O/c1-21(22-2-4-23(5-3-22)27-11-10-26(32)18-28(27)33)36-16-13-30(19-29(36)37,12-15-35-17-14-34-20-35)24-6-8-25(31)9-7-24/h2-11,14,17-18,20-21H,12-13,15-16,19H2,1H3/t21-,30-/m0/s1. The summed E-state index contributed by atoms with van der Waals surface area (Å²) in [5.41, 5.74) is 2.49. The van der Waals surface area contributed by atoms with Crippen LogP contribution in [0.1, 0.15) is 43.4 Å². The Kier molecular flexibility index (Phi) is 6.87. The van der Waals surface area contributed by atoms with Gasteiger partial charge < -0.3 is 9.47 Å². The van der Waals surface area contributed by atoms with Crippen molar-refractivity contribution >= 4 is 5.91 Å². The molecule has 1 aliphatic heterocycles. The van der Waals surface area contributed by atoms with Crippen molar-refractivity contribution in [1.82, 2.24) is 14.5 Å². The molecule has 0 bridgehead atoms. The van der Waals surface area contributed by atoms with Crippen LogP contribution in [-0.2, 0) is 16.8 Å². The van der Waals surface area contributed by atoms with Gasteiger partial charge in [-0.2, -0.15) is 0 Å². The first-order chi connectivity index (χ1) is 17.8. The Labute approximate surface area is 214 Å². The number of aromatic nitrogens is 2. The molecule has 0 spiro atoms. The SMILES string of the molecule is C[C@@H](c1ccc(-c2ccc(F)cc2F)cc1)N1CC[C@](CCn2ccnc2)(c2ccc(F)cc2)CC1=O. The zero-order valence-electron chi connectivity index (χ0n) is 20.6. The van der Waals surface area contributed by atoms with E-state index in [1.807, 2.05) is 34.7 Å². The second-order valence-corrected chi connectivity index (χ2v) is 9.77. The van der Waals surface area contributed by atoms with Crippen LogP contribution in [0.15, 0.2) is 85.5 Å². The van der Waals surface area contributed by atoms with Gasteiger partial charge in [0.2, 0.25) is 5.91 Å². The molecule has 2 atom stereocenters. The van der Waals surface area contributed by atoms with E-state index in [0.717, 1.165) is 30.0 Å². The van der Waals surface area contributed by atoms with Crippen molar-refractivity contribution in [1.29, 1.82) is 0 Å². The van der Waals surface area contributed by atoms with E-state index < -0.39 is 17.0 Å². The minimum Gasteiger partial charge on any atom is -0.337 e. The summed E-state index contributed by atoms with van der Waals surface area (Å²) >= 11 is 0. The number of piperidine rings is 1. The van der Waals surface area contributed by atoms with Gasteiger partial charge in [0.25, 0.3) is 0 Å². The Balaban J connectivity index is 1.34. The predicted molar refractivity (Wildman–Crippen MR) is 136 cm³/mol. The molecule has 0 saturated carbocycles. The number of amides is 1. The molecule has 1 saturated heterocycles. The summed E-state index contributed by atoms with van der Waals surface area (Å²) in [6.07, 6.45) is 7.22. The van der Waals surface area contributed by atoms with Crippen LogP contribution in [0.3, 0.4) is 0 Å². The molecule has 190 valence electrons. The molecule has 7 heteroatoms. The van der Waals surface area contributed by atoms with Crippen LogP contribution >= 0.6 is 0 Å². The highest BCUT2D eigenvalue weighted by Gasteiger charge is 2.41. The van der Waals surface area contributed by atoms with Gasteiger partial charge in [0.1, 0.15) is 17.5 Å². The van der Waals surface area contributed by atoms with E-state index in [1.165, 1.54) is 24.3 Å². The van der Waals surface area contributed by atoms with E-state index in [9.17, 15) is 18.0 Å². The molecule has 4 nitrogen and oxygen atoms in total. The molecule has 1 fully saturated rings. The van der Waals surface area contributed by atoms with Crippen molar-refractivity contribution < 1.29 is 18.0 Å². The molecule has 37 heavy (non-hydrogen) atoms. The maximum atomic E-state index is 14.2. The summed E-state index contributed by atoms with van der Waals surface area (Å²) < 4.78 is 43.2. The zero-order chi connectivity index (χ0) is 26.0. The lowest BCUT2D eigenvalue weighted by molar-refractivity contribution is -0.138. The summed E-state index contributed by atoms with van der Waals surface area (Å²) in [6, 6.07) is 17.2. The molecule has 0 radical (unpaired) electrons. The van der Waals surface area contributed by atoms with Crippen LogP contribution in [0.25, 0.3) is 11.1 Å². The molecule has 1 aliphatic rings. The number of benzene rings is 3. The second-order valence-electron chi connectivity index (χ2n) is 9.77. The summed E-state index contributed by atoms with van der Waals surface area (Å²) in [5.74, 6) is -1.48. The summed E-state index contributed by atoms with van der Waals surface area (Å²) in [7, 11) is 0. The first kappa shape index (κ1) is 24.8. The fraction of sp³-hybridized carbons (Fsp3) is 0.267. The maximum Gasteiger partial charge on any atom is 0.223 e. The van der Waals surface area contributed by atoms with E-state index in [1.54, 1.807) is 36.8 Å². The minimum atomic E-state index is -0.614. The molecule has 1 amide bonds. The second kappa shape index (κ2) is 10.2. The van der Waals surface area contributed by atoms with Crippen molar-refractivity contribution in [3.8, 4) is 11.1 Å². The summed E-state index contributed by atoms with van der Waals surface area (Å²) in [5, 5.41) is 0. The Bertz CT molecular complexity index is 1370. The fourth-order valence-electron chi connectivity index (χ4n) is 5.36. The first-order valence-corrected chi connectivity index (χ1v) is 12.4. The Morgan fingerprint density at radius 1 is 0.973 bits per heavy atom. The molecule has 1 aromatic heterocycles. The molecule has 0 unspecified atom stereocenters. The monoisotopic (exact) mass is 503 g/mol. The van der Waals surface area contributed by atoms with Gasteiger partial charge in [-0.3, -0.25) is 4.79 Å². The van der Waals surface area contributed by atoms with E-state index in [-0.39, 0.29) is 17.8 Å². The highest BCUT2D eigenvalue weighted by Crippen LogP contribution is 2.42. The van der Waals surface area contributed by atoms with Crippen molar-refractivity contribution in [3.63, 3.8) is 0 Å². The van der Waals surface area contributed by atoms with Crippen molar-refractivity contribution in [2.45, 2.75) is 44.2 Å². The van der Waals surface area contributed by atoms with Crippen LogP contribution in [0.5, 0.6) is 0 Å². The lowest BCUT2D eigenvalue weighted by Gasteiger charge is -2.44. The summed E-state index contributed by atoms with van der Waals surface area (Å²) in [6.45, 7) is 3.26. The highest BCUT2D eigenvalue weighted by molar-refractivity contribution is 5.79. The summed E-state index contributed by atoms with van der Waals surface area (Å²) in [4.78, 5) is 19.5. The molecule has 4 aromatic rings. The molecule has 0 aliphatic carbocycles. The van der Waals surface area contributed by atoms with Gasteiger partial charge in [-0.1, -0.05) is 36.4 Å². The highest BCUT2D eigenvalue weighted by atomic mass is 19.1. The van der Waals surface area contributed by atoms with Gasteiger partial charge in [-0.25, -0.2) is 18.2 Å². The van der Waals surface area contributed by atoms with Gasteiger partial charge in [-0.15, -0.1) is 0 Å². The molecule has 0 N–H and O–H groups in total. The number of hydrogen-bond donors (Lipinski definition) is 0. The number of aryl methyl sites for hydroxylation is 1. The van der Waals surface area contributed by atoms with Crippen LogP contribution in [0, 0.1) is 17.5 Å². The smallest absolute Gasteiger partial charge is 0.223 e. The zero-order valence-corrected chi connectivity index (χ0v) is 20.6. The Morgan fingerprint density at radius 3 is 2.35 bits per heavy atom. The van der Waals surface area contributed by atoms with Crippen LogP contribution in [0.2, 0.25) is 0 Å². The van der Waals surface area contributed by atoms with Gasteiger partial charge in [0, 0.05) is 48.9 Å². The number of nitrogens with zero attached hydrogens (tertiary/aromatic N) is 3. The third-order valence-corrected chi connectivity index (χ3v) is 7.61. The van der Waals surface area contributed by atoms with Crippen molar-refractivity contribution in [2.24, 2.45) is 0 Å². The lowest BCUT2D eigenvalue weighted by Crippen LogP contribution is -2.47. The van der Waals surface area contributed by atoms with Gasteiger partial charge in [0.15, 0.2) is 0 Å². The van der Waals surface area contributed by atoms with E-state index in [0.29, 0.717) is 30.6 Å². The molecular weight excluding hydrogens is 475 g/mol. The third kappa shape index (κ3) is 5.17. The minimum absolute atomic E-state index is 0.0439. The predicted octanol–water partition coefficient (Wildman–Crippen LogP) is 6.68. The number of halogens is 3.